The van der Waals surface area contributed by atoms with Crippen LogP contribution >= 0.6 is 0 Å². The summed E-state index contributed by atoms with van der Waals surface area (Å²) in [4.78, 5) is 25.6. The summed E-state index contributed by atoms with van der Waals surface area (Å²) >= 11 is 0. The van der Waals surface area contributed by atoms with E-state index in [-0.39, 0.29) is 11.6 Å². The van der Waals surface area contributed by atoms with Gasteiger partial charge in [-0.15, -0.1) is 0 Å². The average Bonchev–Trinajstić information content (AvgIpc) is 2.73. The lowest BCUT2D eigenvalue weighted by Gasteiger charge is -2.33. The second-order valence-corrected chi connectivity index (χ2v) is 16.9. The zero-order valence-corrected chi connectivity index (χ0v) is 20.2. The number of ketones is 2. The first kappa shape index (κ1) is 22.6. The molecule has 28 heavy (non-hydrogen) atoms. The van der Waals surface area contributed by atoms with Crippen LogP contribution in [0, 0.1) is 0 Å². The maximum Gasteiger partial charge on any atom is 0.250 e. The van der Waals surface area contributed by atoms with Gasteiger partial charge in [0.25, 0.3) is 16.6 Å². The van der Waals surface area contributed by atoms with E-state index in [1.807, 2.05) is 12.1 Å². The van der Waals surface area contributed by atoms with Crippen LogP contribution < -0.4 is 8.85 Å². The maximum atomic E-state index is 12.8. The minimum atomic E-state index is -1.97. The van der Waals surface area contributed by atoms with Crippen LogP contribution in [0.3, 0.4) is 0 Å². The van der Waals surface area contributed by atoms with E-state index in [1.54, 1.807) is 0 Å². The second kappa shape index (κ2) is 9.22. The zero-order chi connectivity index (χ0) is 20.9. The molecule has 0 saturated carbocycles. The van der Waals surface area contributed by atoms with Gasteiger partial charge in [-0.2, -0.15) is 0 Å². The summed E-state index contributed by atoms with van der Waals surface area (Å²) in [7, 11) is -3.95. The number of rotatable bonds is 10. The smallest absolute Gasteiger partial charge is 0.250 e. The molecule has 0 atom stereocenters. The van der Waals surface area contributed by atoms with Gasteiger partial charge in [0, 0.05) is 0 Å². The Balaban J connectivity index is 2.61. The highest BCUT2D eigenvalue weighted by molar-refractivity contribution is 6.74. The van der Waals surface area contributed by atoms with Gasteiger partial charge < -0.3 is 8.85 Å². The molecule has 6 heteroatoms. The third-order valence-corrected chi connectivity index (χ3v) is 15.6. The van der Waals surface area contributed by atoms with E-state index in [1.165, 1.54) is 12.2 Å². The van der Waals surface area contributed by atoms with Crippen molar-refractivity contribution in [2.75, 3.05) is 0 Å². The van der Waals surface area contributed by atoms with Crippen molar-refractivity contribution >= 4 is 28.2 Å². The lowest BCUT2D eigenvalue weighted by Crippen LogP contribution is -2.41. The molecule has 0 heterocycles. The Morgan fingerprint density at radius 2 is 0.893 bits per heavy atom. The van der Waals surface area contributed by atoms with Crippen LogP contribution in [0.4, 0.5) is 0 Å². The van der Waals surface area contributed by atoms with E-state index in [9.17, 15) is 9.59 Å². The summed E-state index contributed by atoms with van der Waals surface area (Å²) in [6.07, 6.45) is 2.72. The third-order valence-electron chi connectivity index (χ3n) is 6.53. The number of carbonyl (C=O) groups excluding carboxylic acids is 2. The van der Waals surface area contributed by atoms with Crippen molar-refractivity contribution in [1.82, 2.24) is 0 Å². The molecule has 4 nitrogen and oxygen atoms in total. The first-order valence-corrected chi connectivity index (χ1v) is 15.7. The Morgan fingerprint density at radius 3 is 1.14 bits per heavy atom. The van der Waals surface area contributed by atoms with Gasteiger partial charge in [-0.3, -0.25) is 9.59 Å². The fraction of sp³-hybridized carbons (Fsp3) is 0.545. The molecule has 1 aliphatic carbocycles. The van der Waals surface area contributed by atoms with Crippen molar-refractivity contribution in [2.45, 2.75) is 77.8 Å². The Bertz CT molecular complexity index is 683. The van der Waals surface area contributed by atoms with Gasteiger partial charge in [0.1, 0.15) is 11.5 Å². The highest BCUT2D eigenvalue weighted by Gasteiger charge is 2.37. The van der Waals surface area contributed by atoms with Crippen molar-refractivity contribution in [3.05, 3.63) is 35.4 Å². The lowest BCUT2D eigenvalue weighted by molar-refractivity contribution is 0.0990. The van der Waals surface area contributed by atoms with Crippen molar-refractivity contribution in [1.29, 1.82) is 0 Å². The predicted octanol–water partition coefficient (Wildman–Crippen LogP) is 6.39. The lowest BCUT2D eigenvalue weighted by atomic mass is 9.93. The molecule has 1 aliphatic rings. The van der Waals surface area contributed by atoms with Gasteiger partial charge in [-0.25, -0.2) is 0 Å². The minimum Gasteiger partial charge on any atom is -0.543 e. The maximum absolute atomic E-state index is 12.8. The SMILES string of the molecule is CC[Si](CC)(CC)Oc1ccc(O[Si](CC)(CC)CC)c2c1C(=O)C=CC2=O. The molecular formula is C22H34O4Si2. The van der Waals surface area contributed by atoms with E-state index in [0.717, 1.165) is 36.3 Å². The summed E-state index contributed by atoms with van der Waals surface area (Å²) in [5, 5.41) is 0. The molecule has 0 amide bonds. The summed E-state index contributed by atoms with van der Waals surface area (Å²) < 4.78 is 13.0. The van der Waals surface area contributed by atoms with Gasteiger partial charge in [0.05, 0.1) is 11.1 Å². The van der Waals surface area contributed by atoms with Crippen LogP contribution in [-0.4, -0.2) is 28.2 Å². The van der Waals surface area contributed by atoms with Crippen LogP contribution in [0.5, 0.6) is 11.5 Å². The molecule has 0 radical (unpaired) electrons. The monoisotopic (exact) mass is 418 g/mol. The molecule has 0 bridgehead atoms. The van der Waals surface area contributed by atoms with Crippen molar-refractivity contribution in [2.24, 2.45) is 0 Å². The first-order chi connectivity index (χ1) is 13.3. The molecule has 0 spiro atoms. The van der Waals surface area contributed by atoms with Crippen LogP contribution in [0.25, 0.3) is 0 Å². The molecule has 2 rings (SSSR count). The predicted molar refractivity (Wildman–Crippen MR) is 120 cm³/mol. The largest absolute Gasteiger partial charge is 0.543 e. The standard InChI is InChI=1S/C22H34O4Si2/c1-7-27(8-2,9-3)25-19-15-16-20(26-28(10-4,11-5)12-6)22-18(24)14-13-17(23)21(19)22/h13-16H,7-12H2,1-6H3. The molecule has 1 aromatic carbocycles. The molecule has 154 valence electrons. The third kappa shape index (κ3) is 4.17. The summed E-state index contributed by atoms with van der Waals surface area (Å²) in [6.45, 7) is 12.9. The Hall–Kier alpha value is -1.67. The molecule has 0 saturated heterocycles. The van der Waals surface area contributed by atoms with E-state index < -0.39 is 16.6 Å². The minimum absolute atomic E-state index is 0.168. The highest BCUT2D eigenvalue weighted by Crippen LogP contribution is 2.39. The van der Waals surface area contributed by atoms with Crippen LogP contribution in [0.2, 0.25) is 36.3 Å². The van der Waals surface area contributed by atoms with Gasteiger partial charge in [-0.1, -0.05) is 41.5 Å². The number of carbonyl (C=O) groups is 2. The number of benzene rings is 1. The van der Waals surface area contributed by atoms with Gasteiger partial charge in [-0.05, 0) is 60.5 Å². The number of allylic oxidation sites excluding steroid dienone is 2. The molecule has 0 aromatic heterocycles. The van der Waals surface area contributed by atoms with Crippen LogP contribution in [-0.2, 0) is 0 Å². The van der Waals surface area contributed by atoms with E-state index >= 15 is 0 Å². The fourth-order valence-electron chi connectivity index (χ4n) is 3.94. The van der Waals surface area contributed by atoms with Crippen LogP contribution in [0.15, 0.2) is 24.3 Å². The first-order valence-electron chi connectivity index (χ1n) is 10.7. The van der Waals surface area contributed by atoms with Crippen LogP contribution in [0.1, 0.15) is 62.3 Å². The Kier molecular flexibility index (Phi) is 7.45. The summed E-state index contributed by atoms with van der Waals surface area (Å²) in [5.41, 5.74) is 0.784. The second-order valence-electron chi connectivity index (χ2n) is 7.57. The Morgan fingerprint density at radius 1 is 0.607 bits per heavy atom. The fourth-order valence-corrected chi connectivity index (χ4v) is 9.08. The molecule has 0 fully saturated rings. The van der Waals surface area contributed by atoms with Crippen molar-refractivity contribution in [3.8, 4) is 11.5 Å². The average molecular weight is 419 g/mol. The van der Waals surface area contributed by atoms with Gasteiger partial charge in [0.15, 0.2) is 11.6 Å². The molecule has 1 aromatic rings. The highest BCUT2D eigenvalue weighted by atomic mass is 28.4. The van der Waals surface area contributed by atoms with E-state index in [4.69, 9.17) is 8.85 Å². The number of fused-ring (bicyclic) bond motifs is 1. The Labute approximate surface area is 171 Å². The van der Waals surface area contributed by atoms with Crippen molar-refractivity contribution < 1.29 is 18.4 Å². The normalized spacial score (nSPS) is 14.2. The van der Waals surface area contributed by atoms with Gasteiger partial charge >= 0.3 is 0 Å². The summed E-state index contributed by atoms with van der Waals surface area (Å²) in [6, 6.07) is 9.55. The molecule has 0 unspecified atom stereocenters. The quantitative estimate of drug-likeness (QED) is 0.413. The molecule has 0 aliphatic heterocycles. The molecular weight excluding hydrogens is 384 g/mol. The number of hydrogen-bond donors (Lipinski definition) is 0. The summed E-state index contributed by atoms with van der Waals surface area (Å²) in [5.74, 6) is 0.772. The number of hydrogen-bond acceptors (Lipinski definition) is 4. The van der Waals surface area contributed by atoms with Gasteiger partial charge in [0.2, 0.25) is 0 Å². The van der Waals surface area contributed by atoms with E-state index in [2.05, 4.69) is 41.5 Å². The van der Waals surface area contributed by atoms with Crippen molar-refractivity contribution in [3.63, 3.8) is 0 Å². The topological polar surface area (TPSA) is 52.6 Å². The molecule has 0 N–H and O–H groups in total. The van der Waals surface area contributed by atoms with E-state index in [0.29, 0.717) is 22.6 Å². The zero-order valence-electron chi connectivity index (χ0n) is 18.2.